The fourth-order valence-electron chi connectivity index (χ4n) is 1.77. The summed E-state index contributed by atoms with van der Waals surface area (Å²) in [7, 11) is 0. The molecule has 3 nitrogen and oxygen atoms in total. The van der Waals surface area contributed by atoms with Crippen molar-refractivity contribution in [2.75, 3.05) is 11.9 Å². The maximum Gasteiger partial charge on any atom is 0.318 e. The molecule has 1 heterocycles. The van der Waals surface area contributed by atoms with E-state index in [-0.39, 0.29) is 5.25 Å². The molecule has 0 spiro atoms. The van der Waals surface area contributed by atoms with Gasteiger partial charge in [-0.1, -0.05) is 6.07 Å². The molecule has 0 aromatic heterocycles. The van der Waals surface area contributed by atoms with Gasteiger partial charge in [0, 0.05) is 17.1 Å². The van der Waals surface area contributed by atoms with E-state index in [1.54, 1.807) is 0 Å². The van der Waals surface area contributed by atoms with Gasteiger partial charge < -0.3 is 10.4 Å². The second kappa shape index (κ2) is 3.77. The number of aryl methyl sites for hydroxylation is 2. The summed E-state index contributed by atoms with van der Waals surface area (Å²) in [5.74, 6) is -0.752. The minimum Gasteiger partial charge on any atom is -0.480 e. The second-order valence-corrected chi connectivity index (χ2v) is 5.00. The lowest BCUT2D eigenvalue weighted by Crippen LogP contribution is -2.29. The zero-order valence-corrected chi connectivity index (χ0v) is 9.52. The fourth-order valence-corrected chi connectivity index (χ4v) is 2.82. The largest absolute Gasteiger partial charge is 0.480 e. The van der Waals surface area contributed by atoms with Gasteiger partial charge in [-0.15, -0.1) is 11.8 Å². The first kappa shape index (κ1) is 10.4. The van der Waals surface area contributed by atoms with E-state index in [2.05, 4.69) is 17.4 Å². The lowest BCUT2D eigenvalue weighted by atomic mass is 10.1. The van der Waals surface area contributed by atoms with Crippen molar-refractivity contribution in [3.05, 3.63) is 23.3 Å². The average Bonchev–Trinajstić information content (AvgIpc) is 2.16. The van der Waals surface area contributed by atoms with Crippen LogP contribution in [-0.2, 0) is 4.79 Å². The van der Waals surface area contributed by atoms with Gasteiger partial charge in [-0.2, -0.15) is 0 Å². The molecular weight excluding hydrogens is 210 g/mol. The molecule has 0 aliphatic carbocycles. The Hall–Kier alpha value is -1.16. The van der Waals surface area contributed by atoms with Crippen LogP contribution in [0.3, 0.4) is 0 Å². The lowest BCUT2D eigenvalue weighted by molar-refractivity contribution is -0.136. The van der Waals surface area contributed by atoms with Crippen molar-refractivity contribution in [1.29, 1.82) is 0 Å². The summed E-state index contributed by atoms with van der Waals surface area (Å²) in [6.07, 6.45) is 0. The van der Waals surface area contributed by atoms with E-state index in [1.807, 2.05) is 13.8 Å². The highest BCUT2D eigenvalue weighted by atomic mass is 32.2. The Bertz CT molecular complexity index is 417. The lowest BCUT2D eigenvalue weighted by Gasteiger charge is -2.24. The highest BCUT2D eigenvalue weighted by molar-refractivity contribution is 8.01. The predicted octanol–water partition coefficient (Wildman–Crippen LogP) is 2.27. The zero-order chi connectivity index (χ0) is 11.0. The van der Waals surface area contributed by atoms with Gasteiger partial charge in [0.05, 0.1) is 0 Å². The van der Waals surface area contributed by atoms with Gasteiger partial charge in [-0.05, 0) is 31.0 Å². The molecule has 0 fully saturated rings. The normalized spacial score (nSPS) is 19.2. The Balaban J connectivity index is 2.37. The van der Waals surface area contributed by atoms with Crippen LogP contribution in [0, 0.1) is 13.8 Å². The third kappa shape index (κ3) is 1.95. The van der Waals surface area contributed by atoms with Gasteiger partial charge in [0.1, 0.15) is 5.25 Å². The Morgan fingerprint density at radius 1 is 1.53 bits per heavy atom. The minimum atomic E-state index is -0.752. The van der Waals surface area contributed by atoms with E-state index in [0.29, 0.717) is 6.54 Å². The van der Waals surface area contributed by atoms with Crippen LogP contribution in [0.2, 0.25) is 0 Å². The number of carboxylic acids is 1. The maximum absolute atomic E-state index is 10.9. The molecule has 15 heavy (non-hydrogen) atoms. The summed E-state index contributed by atoms with van der Waals surface area (Å²) in [4.78, 5) is 12.0. The van der Waals surface area contributed by atoms with E-state index in [9.17, 15) is 4.79 Å². The van der Waals surface area contributed by atoms with Crippen molar-refractivity contribution in [3.8, 4) is 0 Å². The first-order valence-corrected chi connectivity index (χ1v) is 5.70. The molecule has 4 heteroatoms. The monoisotopic (exact) mass is 223 g/mol. The van der Waals surface area contributed by atoms with Crippen LogP contribution < -0.4 is 5.32 Å². The zero-order valence-electron chi connectivity index (χ0n) is 8.70. The topological polar surface area (TPSA) is 49.3 Å². The maximum atomic E-state index is 10.9. The number of fused-ring (bicyclic) bond motifs is 1. The molecule has 1 aromatic carbocycles. The molecule has 0 bridgehead atoms. The van der Waals surface area contributed by atoms with Crippen LogP contribution >= 0.6 is 11.8 Å². The molecular formula is C11H13NO2S. The molecule has 1 aliphatic heterocycles. The van der Waals surface area contributed by atoms with E-state index < -0.39 is 5.97 Å². The van der Waals surface area contributed by atoms with E-state index in [4.69, 9.17) is 5.11 Å². The number of rotatable bonds is 1. The molecule has 0 radical (unpaired) electrons. The third-order valence-corrected chi connectivity index (χ3v) is 3.86. The molecule has 2 rings (SSSR count). The van der Waals surface area contributed by atoms with Gasteiger partial charge in [-0.3, -0.25) is 4.79 Å². The Morgan fingerprint density at radius 2 is 2.27 bits per heavy atom. The summed E-state index contributed by atoms with van der Waals surface area (Å²) in [6, 6.07) is 4.14. The van der Waals surface area contributed by atoms with Crippen LogP contribution in [0.25, 0.3) is 0 Å². The number of carboxylic acid groups (broad SMARTS) is 1. The molecule has 0 amide bonds. The van der Waals surface area contributed by atoms with Crippen molar-refractivity contribution in [2.24, 2.45) is 0 Å². The standard InChI is InChI=1S/C11H13NO2S/c1-6-3-7(2)10-8(4-6)12-5-9(15-10)11(13)14/h3-4,9,12H,5H2,1-2H3,(H,13,14). The first-order chi connectivity index (χ1) is 7.08. The SMILES string of the molecule is Cc1cc(C)c2c(c1)NCC(C(=O)O)S2. The van der Waals surface area contributed by atoms with Crippen LogP contribution in [0.1, 0.15) is 11.1 Å². The van der Waals surface area contributed by atoms with Crippen LogP contribution in [0.4, 0.5) is 5.69 Å². The molecule has 1 atom stereocenters. The van der Waals surface area contributed by atoms with Gasteiger partial charge in [0.25, 0.3) is 0 Å². The van der Waals surface area contributed by atoms with Crippen molar-refractivity contribution in [1.82, 2.24) is 0 Å². The summed E-state index contributed by atoms with van der Waals surface area (Å²) in [5.41, 5.74) is 3.41. The van der Waals surface area contributed by atoms with E-state index >= 15 is 0 Å². The van der Waals surface area contributed by atoms with Crippen LogP contribution in [0.5, 0.6) is 0 Å². The summed E-state index contributed by atoms with van der Waals surface area (Å²) >= 11 is 1.44. The number of carbonyl (C=O) groups is 1. The number of anilines is 1. The molecule has 1 unspecified atom stereocenters. The number of hydrogen-bond acceptors (Lipinski definition) is 3. The van der Waals surface area contributed by atoms with Crippen LogP contribution in [-0.4, -0.2) is 22.9 Å². The smallest absolute Gasteiger partial charge is 0.318 e. The van der Waals surface area contributed by atoms with Gasteiger partial charge in [0.15, 0.2) is 0 Å². The Labute approximate surface area is 92.9 Å². The highest BCUT2D eigenvalue weighted by Gasteiger charge is 2.25. The van der Waals surface area contributed by atoms with E-state index in [0.717, 1.165) is 16.1 Å². The average molecular weight is 223 g/mol. The predicted molar refractivity (Wildman–Crippen MR) is 61.7 cm³/mol. The second-order valence-electron chi connectivity index (χ2n) is 3.78. The highest BCUT2D eigenvalue weighted by Crippen LogP contribution is 2.38. The van der Waals surface area contributed by atoms with Gasteiger partial charge in [0.2, 0.25) is 0 Å². The Kier molecular flexibility index (Phi) is 2.61. The third-order valence-electron chi connectivity index (χ3n) is 2.43. The molecule has 1 aromatic rings. The quantitative estimate of drug-likeness (QED) is 0.767. The number of benzene rings is 1. The number of hydrogen-bond donors (Lipinski definition) is 2. The van der Waals surface area contributed by atoms with Crippen molar-refractivity contribution in [3.63, 3.8) is 0 Å². The van der Waals surface area contributed by atoms with Gasteiger partial charge in [-0.25, -0.2) is 0 Å². The van der Waals surface area contributed by atoms with Crippen molar-refractivity contribution >= 4 is 23.4 Å². The fraction of sp³-hybridized carbons (Fsp3) is 0.364. The van der Waals surface area contributed by atoms with E-state index in [1.165, 1.54) is 17.3 Å². The molecule has 0 saturated carbocycles. The summed E-state index contributed by atoms with van der Waals surface area (Å²) < 4.78 is 0. The number of nitrogens with one attached hydrogen (secondary N) is 1. The first-order valence-electron chi connectivity index (χ1n) is 4.82. The molecule has 2 N–H and O–H groups in total. The molecule has 0 saturated heterocycles. The van der Waals surface area contributed by atoms with Gasteiger partial charge >= 0.3 is 5.97 Å². The molecule has 80 valence electrons. The number of aliphatic carboxylic acids is 1. The Morgan fingerprint density at radius 3 is 2.93 bits per heavy atom. The van der Waals surface area contributed by atoms with Crippen molar-refractivity contribution < 1.29 is 9.90 Å². The summed E-state index contributed by atoms with van der Waals surface area (Å²) in [5, 5.41) is 11.7. The van der Waals surface area contributed by atoms with Crippen LogP contribution in [0.15, 0.2) is 17.0 Å². The van der Waals surface area contributed by atoms with Crippen molar-refractivity contribution in [2.45, 2.75) is 24.0 Å². The number of thioether (sulfide) groups is 1. The summed E-state index contributed by atoms with van der Waals surface area (Å²) in [6.45, 7) is 4.56. The minimum absolute atomic E-state index is 0.376. The molecule has 1 aliphatic rings.